The zero-order chi connectivity index (χ0) is 26.7. The molecular weight excluding hydrogens is 462 g/mol. The van der Waals surface area contributed by atoms with E-state index in [4.69, 9.17) is 4.74 Å². The molecule has 1 heterocycles. The van der Waals surface area contributed by atoms with Gasteiger partial charge in [0.1, 0.15) is 5.75 Å². The molecule has 37 heavy (non-hydrogen) atoms. The first-order chi connectivity index (χ1) is 18.1. The van der Waals surface area contributed by atoms with Crippen LogP contribution in [0.2, 0.25) is 0 Å². The summed E-state index contributed by atoms with van der Waals surface area (Å²) in [4.78, 5) is 12.2. The Balaban J connectivity index is 1.52. The molecule has 1 aromatic heterocycles. The van der Waals surface area contributed by atoms with E-state index in [0.717, 1.165) is 36.2 Å². The summed E-state index contributed by atoms with van der Waals surface area (Å²) < 4.78 is 9.40. The second-order valence-corrected chi connectivity index (χ2v) is 10.2. The second-order valence-electron chi connectivity index (χ2n) is 10.2. The monoisotopic (exact) mass is 515 g/mol. The fourth-order valence-electron chi connectivity index (χ4n) is 4.99. The van der Waals surface area contributed by atoms with Crippen LogP contribution in [-0.4, -0.2) is 28.8 Å². The van der Waals surface area contributed by atoms with Gasteiger partial charge in [-0.05, 0) is 25.5 Å². The molecule has 0 unspecified atom stereocenters. The highest BCUT2D eigenvalue weighted by Crippen LogP contribution is 2.19. The average Bonchev–Trinajstić information content (AvgIpc) is 3.18. The van der Waals surface area contributed by atoms with E-state index in [1.807, 2.05) is 29.8 Å². The number of fused-ring (bicyclic) bond motifs is 1. The highest BCUT2D eigenvalue weighted by atomic mass is 16.5. The number of urea groups is 1. The summed E-state index contributed by atoms with van der Waals surface area (Å²) in [5.74, 6) is 0.802. The molecule has 2 amide bonds. The van der Waals surface area contributed by atoms with Gasteiger partial charge < -0.3 is 19.2 Å². The fourth-order valence-corrected chi connectivity index (χ4v) is 4.99. The molecular formula is C30H53N5O2. The Hall–Kier alpha value is -2.44. The molecule has 7 nitrogen and oxygen atoms in total. The largest absolute Gasteiger partial charge is 0.497 e. The van der Waals surface area contributed by atoms with Gasteiger partial charge in [-0.3, -0.25) is 0 Å². The minimum Gasteiger partial charge on any atom is -0.497 e. The predicted octanol–water partition coefficient (Wildman–Crippen LogP) is 7.38. The minimum atomic E-state index is -0.258. The number of carbonyl (C=O) groups is 1. The van der Waals surface area contributed by atoms with Crippen molar-refractivity contribution < 1.29 is 9.53 Å². The highest BCUT2D eigenvalue weighted by molar-refractivity contribution is 5.78. The third-order valence-electron chi connectivity index (χ3n) is 7.27. The van der Waals surface area contributed by atoms with Crippen LogP contribution in [0.1, 0.15) is 117 Å². The minimum absolute atomic E-state index is 0.258. The standard InChI is InChI=1S/C30H53N5O2/c1-5-7-8-9-10-11-12-13-14-15-16-17-18-19-20-21-24-31-29(36)32-33-30-34(3)27-23-22-26(37-4)25-28(27)35(30)6-2/h22-23,25H,5-21,24H2,1-4H3,(H2,31,32,36)/b33-30+. The van der Waals surface area contributed by atoms with Crippen LogP contribution in [0.15, 0.2) is 23.3 Å². The van der Waals surface area contributed by atoms with E-state index in [9.17, 15) is 4.79 Å². The fraction of sp³-hybridized carbons (Fsp3) is 0.733. The van der Waals surface area contributed by atoms with E-state index in [-0.39, 0.29) is 6.03 Å². The molecule has 0 saturated heterocycles. The highest BCUT2D eigenvalue weighted by Gasteiger charge is 2.10. The number of methoxy groups -OCH3 is 1. The Labute approximate surface area is 225 Å². The summed E-state index contributed by atoms with van der Waals surface area (Å²) in [6.45, 7) is 5.77. The number of rotatable bonds is 20. The molecule has 2 rings (SSSR count). The van der Waals surface area contributed by atoms with Gasteiger partial charge in [0.05, 0.1) is 18.1 Å². The zero-order valence-electron chi connectivity index (χ0n) is 24.1. The number of amides is 2. The van der Waals surface area contributed by atoms with Gasteiger partial charge in [-0.15, -0.1) is 5.10 Å². The molecule has 0 fully saturated rings. The predicted molar refractivity (Wildman–Crippen MR) is 155 cm³/mol. The van der Waals surface area contributed by atoms with E-state index in [0.29, 0.717) is 12.2 Å². The molecule has 1 aromatic carbocycles. The Kier molecular flexibility index (Phi) is 15.6. The summed E-state index contributed by atoms with van der Waals surface area (Å²) in [6, 6.07) is 5.68. The summed E-state index contributed by atoms with van der Waals surface area (Å²) in [7, 11) is 3.62. The number of hydrogen-bond acceptors (Lipinski definition) is 3. The van der Waals surface area contributed by atoms with E-state index >= 15 is 0 Å². The molecule has 0 saturated carbocycles. The van der Waals surface area contributed by atoms with Gasteiger partial charge in [-0.2, -0.15) is 0 Å². The van der Waals surface area contributed by atoms with Crippen molar-refractivity contribution in [1.29, 1.82) is 0 Å². The van der Waals surface area contributed by atoms with Gasteiger partial charge in [-0.1, -0.05) is 103 Å². The number of ether oxygens (including phenoxy) is 1. The number of aryl methyl sites for hydroxylation is 2. The summed E-state index contributed by atoms with van der Waals surface area (Å²) in [5.41, 5.74) is 5.42. The molecule has 2 aromatic rings. The third kappa shape index (κ3) is 11.2. The van der Waals surface area contributed by atoms with Crippen LogP contribution in [0.5, 0.6) is 5.75 Å². The first kappa shape index (κ1) is 30.8. The summed E-state index contributed by atoms with van der Waals surface area (Å²) in [5, 5.41) is 7.32. The lowest BCUT2D eigenvalue weighted by Gasteiger charge is -2.05. The molecule has 0 radical (unpaired) electrons. The van der Waals surface area contributed by atoms with Crippen LogP contribution >= 0.6 is 0 Å². The lowest BCUT2D eigenvalue weighted by molar-refractivity contribution is 0.240. The van der Waals surface area contributed by atoms with Crippen LogP contribution in [0, 0.1) is 0 Å². The van der Waals surface area contributed by atoms with E-state index in [2.05, 4.69) is 34.3 Å². The van der Waals surface area contributed by atoms with Gasteiger partial charge in [0.25, 0.3) is 0 Å². The second kappa shape index (κ2) is 18.8. The van der Waals surface area contributed by atoms with Crippen molar-refractivity contribution in [1.82, 2.24) is 19.9 Å². The van der Waals surface area contributed by atoms with E-state index < -0.39 is 0 Å². The Morgan fingerprint density at radius 1 is 0.811 bits per heavy atom. The number of carbonyl (C=O) groups excluding carboxylic acids is 1. The Bertz CT molecular complexity index is 963. The molecule has 2 N–H and O–H groups in total. The van der Waals surface area contributed by atoms with Crippen molar-refractivity contribution in [2.24, 2.45) is 12.1 Å². The van der Waals surface area contributed by atoms with Crippen molar-refractivity contribution >= 4 is 17.1 Å². The van der Waals surface area contributed by atoms with Crippen molar-refractivity contribution in [2.45, 2.75) is 123 Å². The van der Waals surface area contributed by atoms with Crippen molar-refractivity contribution in [3.05, 3.63) is 23.8 Å². The number of nitrogens with zero attached hydrogens (tertiary/aromatic N) is 3. The number of aromatic nitrogens is 2. The van der Waals surface area contributed by atoms with Gasteiger partial charge in [0, 0.05) is 26.2 Å². The van der Waals surface area contributed by atoms with Crippen molar-refractivity contribution in [3.8, 4) is 5.75 Å². The molecule has 0 aliphatic heterocycles. The van der Waals surface area contributed by atoms with Gasteiger partial charge in [-0.25, -0.2) is 10.2 Å². The smallest absolute Gasteiger partial charge is 0.335 e. The Morgan fingerprint density at radius 3 is 1.86 bits per heavy atom. The maximum Gasteiger partial charge on any atom is 0.335 e. The molecule has 0 aliphatic rings. The van der Waals surface area contributed by atoms with Crippen LogP contribution < -0.4 is 21.1 Å². The normalized spacial score (nSPS) is 11.8. The SMILES string of the molecule is CCCCCCCCCCCCCCCCCCNC(=O)N/N=c1\n(C)c2ccc(OC)cc2n1CC. The van der Waals surface area contributed by atoms with Gasteiger partial charge in [0.15, 0.2) is 0 Å². The lowest BCUT2D eigenvalue weighted by Crippen LogP contribution is -2.36. The van der Waals surface area contributed by atoms with Gasteiger partial charge in [0.2, 0.25) is 5.62 Å². The number of unbranched alkanes of at least 4 members (excludes halogenated alkanes) is 15. The van der Waals surface area contributed by atoms with Crippen LogP contribution in [-0.2, 0) is 13.6 Å². The topological polar surface area (TPSA) is 72.6 Å². The van der Waals surface area contributed by atoms with Gasteiger partial charge >= 0.3 is 6.03 Å². The first-order valence-corrected chi connectivity index (χ1v) is 14.9. The molecule has 0 aliphatic carbocycles. The first-order valence-electron chi connectivity index (χ1n) is 14.9. The van der Waals surface area contributed by atoms with Crippen molar-refractivity contribution in [3.63, 3.8) is 0 Å². The molecule has 0 bridgehead atoms. The summed E-state index contributed by atoms with van der Waals surface area (Å²) >= 11 is 0. The number of hydrogen-bond donors (Lipinski definition) is 2. The van der Waals surface area contributed by atoms with Crippen LogP contribution in [0.4, 0.5) is 4.79 Å². The maximum absolute atomic E-state index is 12.2. The van der Waals surface area contributed by atoms with Crippen LogP contribution in [0.25, 0.3) is 11.0 Å². The maximum atomic E-state index is 12.2. The van der Waals surface area contributed by atoms with Crippen molar-refractivity contribution in [2.75, 3.05) is 13.7 Å². The van der Waals surface area contributed by atoms with E-state index in [1.165, 1.54) is 89.9 Å². The quantitative estimate of drug-likeness (QED) is 0.143. The molecule has 0 atom stereocenters. The number of imidazole rings is 1. The zero-order valence-corrected chi connectivity index (χ0v) is 24.1. The summed E-state index contributed by atoms with van der Waals surface area (Å²) in [6.07, 6.45) is 21.6. The molecule has 0 spiro atoms. The molecule has 210 valence electrons. The third-order valence-corrected chi connectivity index (χ3v) is 7.27. The Morgan fingerprint density at radius 2 is 1.35 bits per heavy atom. The number of nitrogens with one attached hydrogen (secondary N) is 2. The molecule has 7 heteroatoms. The lowest BCUT2D eigenvalue weighted by atomic mass is 10.0. The van der Waals surface area contributed by atoms with E-state index in [1.54, 1.807) is 7.11 Å². The average molecular weight is 516 g/mol. The van der Waals surface area contributed by atoms with Crippen LogP contribution in [0.3, 0.4) is 0 Å². The number of benzene rings is 1.